The number of carbonyl (C=O) groups is 1. The quantitative estimate of drug-likeness (QED) is 0.503. The smallest absolute Gasteiger partial charge is 0.160 e. The summed E-state index contributed by atoms with van der Waals surface area (Å²) in [7, 11) is 0. The molecule has 68 valence electrons. The summed E-state index contributed by atoms with van der Waals surface area (Å²) in [5.74, 6) is 6.39. The fraction of sp³-hybridized carbons (Fsp3) is 0.0833. The van der Waals surface area contributed by atoms with Crippen molar-refractivity contribution in [3.63, 3.8) is 0 Å². The van der Waals surface area contributed by atoms with Gasteiger partial charge in [-0.2, -0.15) is 0 Å². The molecule has 0 atom stereocenters. The summed E-state index contributed by atoms with van der Waals surface area (Å²) in [6.45, 7) is 0. The largest absolute Gasteiger partial charge is 0.297 e. The molecule has 1 heterocycles. The maximum Gasteiger partial charge on any atom is 0.160 e. The molecule has 0 fully saturated rings. The molecule has 0 radical (unpaired) electrons. The lowest BCUT2D eigenvalue weighted by Crippen LogP contribution is -1.80. The van der Waals surface area contributed by atoms with Crippen LogP contribution in [0.25, 0.3) is 0 Å². The van der Waals surface area contributed by atoms with Crippen LogP contribution in [0.5, 0.6) is 0 Å². The normalized spacial score (nSPS) is 14.0. The number of rotatable bonds is 1. The lowest BCUT2D eigenvalue weighted by atomic mass is 10.2. The minimum atomic E-state index is 0.233. The highest BCUT2D eigenvalue weighted by molar-refractivity contribution is 7.14. The first-order valence-electron chi connectivity index (χ1n) is 4.30. The summed E-state index contributed by atoms with van der Waals surface area (Å²) in [6, 6.07) is 3.67. The predicted molar refractivity (Wildman–Crippen MR) is 58.4 cm³/mol. The van der Waals surface area contributed by atoms with Gasteiger partial charge in [0.15, 0.2) is 6.29 Å². The van der Waals surface area contributed by atoms with E-state index < -0.39 is 0 Å². The molecule has 0 spiro atoms. The van der Waals surface area contributed by atoms with Gasteiger partial charge in [0.1, 0.15) is 0 Å². The van der Waals surface area contributed by atoms with E-state index in [4.69, 9.17) is 0 Å². The summed E-state index contributed by atoms with van der Waals surface area (Å²) in [5.41, 5.74) is 0. The Bertz CT molecular complexity index is 442. The molecule has 0 bridgehead atoms. The van der Waals surface area contributed by atoms with Crippen LogP contribution in [0.1, 0.15) is 14.5 Å². The number of carbonyl (C=O) groups excluding carboxylic acids is 1. The molecule has 0 saturated carbocycles. The number of hydrogen-bond donors (Lipinski definition) is 0. The average molecular weight is 200 g/mol. The molecule has 0 N–H and O–H groups in total. The van der Waals surface area contributed by atoms with Gasteiger partial charge in [-0.3, -0.25) is 4.79 Å². The van der Waals surface area contributed by atoms with Crippen molar-refractivity contribution in [3.8, 4) is 11.8 Å². The van der Waals surface area contributed by atoms with E-state index in [9.17, 15) is 4.79 Å². The second-order valence-electron chi connectivity index (χ2n) is 2.88. The van der Waals surface area contributed by atoms with Gasteiger partial charge in [0.05, 0.1) is 15.7 Å². The van der Waals surface area contributed by atoms with E-state index in [1.165, 1.54) is 11.3 Å². The van der Waals surface area contributed by atoms with E-state index in [2.05, 4.69) is 11.8 Å². The van der Waals surface area contributed by atoms with Crippen molar-refractivity contribution in [2.75, 3.05) is 0 Å². The molecule has 0 unspecified atom stereocenters. The van der Waals surface area contributed by atoms with Crippen LogP contribution in [-0.2, 0) is 0 Å². The van der Waals surface area contributed by atoms with Crippen molar-refractivity contribution in [1.29, 1.82) is 0 Å². The van der Waals surface area contributed by atoms with Crippen LogP contribution in [0.15, 0.2) is 36.4 Å². The monoisotopic (exact) mass is 200 g/mol. The Balaban J connectivity index is 2.12. The molecule has 2 heteroatoms. The molecule has 1 nitrogen and oxygen atoms in total. The molecule has 1 aliphatic carbocycles. The summed E-state index contributed by atoms with van der Waals surface area (Å²) in [6.07, 6.45) is 8.92. The van der Waals surface area contributed by atoms with Gasteiger partial charge < -0.3 is 0 Å². The second-order valence-corrected chi connectivity index (χ2v) is 4.00. The van der Waals surface area contributed by atoms with Crippen LogP contribution in [0.3, 0.4) is 0 Å². The minimum absolute atomic E-state index is 0.233. The van der Waals surface area contributed by atoms with Gasteiger partial charge in [-0.05, 0) is 12.1 Å². The van der Waals surface area contributed by atoms with Gasteiger partial charge in [-0.25, -0.2) is 0 Å². The Kier molecular flexibility index (Phi) is 2.62. The lowest BCUT2D eigenvalue weighted by Gasteiger charge is -1.88. The number of aldehydes is 1. The van der Waals surface area contributed by atoms with Crippen LogP contribution < -0.4 is 0 Å². The third-order valence-corrected chi connectivity index (χ3v) is 2.78. The van der Waals surface area contributed by atoms with E-state index in [1.807, 2.05) is 30.4 Å². The van der Waals surface area contributed by atoms with Crippen LogP contribution in [-0.4, -0.2) is 6.29 Å². The zero-order valence-electron chi connectivity index (χ0n) is 7.44. The van der Waals surface area contributed by atoms with Crippen molar-refractivity contribution < 1.29 is 4.79 Å². The highest BCUT2D eigenvalue weighted by atomic mass is 32.1. The molecule has 2 rings (SSSR count). The first-order chi connectivity index (χ1) is 6.88. The predicted octanol–water partition coefficient (Wildman–Crippen LogP) is 2.65. The summed E-state index contributed by atoms with van der Waals surface area (Å²) in [5, 5.41) is 0. The second kappa shape index (κ2) is 4.08. The van der Waals surface area contributed by atoms with E-state index in [-0.39, 0.29) is 5.92 Å². The van der Waals surface area contributed by atoms with E-state index in [1.54, 1.807) is 6.07 Å². The zero-order valence-corrected chi connectivity index (χ0v) is 8.25. The first kappa shape index (κ1) is 8.98. The van der Waals surface area contributed by atoms with Crippen LogP contribution in [0.2, 0.25) is 0 Å². The van der Waals surface area contributed by atoms with Gasteiger partial charge in [-0.1, -0.05) is 36.1 Å². The average Bonchev–Trinajstić information content (AvgIpc) is 2.86. The fourth-order valence-electron chi connectivity index (χ4n) is 1.17. The van der Waals surface area contributed by atoms with Crippen LogP contribution in [0.4, 0.5) is 0 Å². The van der Waals surface area contributed by atoms with Crippen molar-refractivity contribution in [2.24, 2.45) is 5.92 Å². The van der Waals surface area contributed by atoms with Crippen molar-refractivity contribution in [1.82, 2.24) is 0 Å². The molecule has 0 amide bonds. The van der Waals surface area contributed by atoms with Crippen molar-refractivity contribution in [2.45, 2.75) is 0 Å². The highest BCUT2D eigenvalue weighted by Gasteiger charge is 1.98. The van der Waals surface area contributed by atoms with Crippen LogP contribution >= 0.6 is 11.3 Å². The van der Waals surface area contributed by atoms with Crippen LogP contribution in [0, 0.1) is 17.8 Å². The van der Waals surface area contributed by atoms with Gasteiger partial charge in [0.2, 0.25) is 0 Å². The highest BCUT2D eigenvalue weighted by Crippen LogP contribution is 2.14. The molecule has 1 aromatic heterocycles. The topological polar surface area (TPSA) is 17.1 Å². The Morgan fingerprint density at radius 2 is 2.07 bits per heavy atom. The standard InChI is InChI=1S/C12H8OS/c13-9-12-8-7-11(14-12)6-5-10-3-1-2-4-10/h1-4,7-10H. The first-order valence-corrected chi connectivity index (χ1v) is 5.12. The maximum atomic E-state index is 10.4. The molecule has 1 aromatic rings. The third-order valence-electron chi connectivity index (χ3n) is 1.85. The number of thiophene rings is 1. The number of allylic oxidation sites excluding steroid dienone is 4. The molecule has 0 aliphatic heterocycles. The third kappa shape index (κ3) is 2.01. The number of hydrogen-bond acceptors (Lipinski definition) is 2. The molecular weight excluding hydrogens is 192 g/mol. The van der Waals surface area contributed by atoms with E-state index in [0.29, 0.717) is 0 Å². The van der Waals surface area contributed by atoms with Gasteiger partial charge in [-0.15, -0.1) is 11.3 Å². The molecule has 14 heavy (non-hydrogen) atoms. The van der Waals surface area contributed by atoms with E-state index in [0.717, 1.165) is 16.0 Å². The fourth-order valence-corrected chi connectivity index (χ4v) is 1.85. The zero-order chi connectivity index (χ0) is 9.80. The summed E-state index contributed by atoms with van der Waals surface area (Å²) >= 11 is 1.43. The minimum Gasteiger partial charge on any atom is -0.297 e. The maximum absolute atomic E-state index is 10.4. The van der Waals surface area contributed by atoms with Gasteiger partial charge in [0, 0.05) is 0 Å². The Morgan fingerprint density at radius 1 is 1.29 bits per heavy atom. The molecule has 1 aliphatic rings. The SMILES string of the molecule is O=Cc1ccc(C#CC2C=CC=C2)s1. The Labute approximate surface area is 86.8 Å². The Hall–Kier alpha value is -1.59. The van der Waals surface area contributed by atoms with E-state index >= 15 is 0 Å². The summed E-state index contributed by atoms with van der Waals surface area (Å²) < 4.78 is 0. The lowest BCUT2D eigenvalue weighted by molar-refractivity contribution is 0.112. The summed E-state index contributed by atoms with van der Waals surface area (Å²) in [4.78, 5) is 12.1. The van der Waals surface area contributed by atoms with Crippen molar-refractivity contribution >= 4 is 17.6 Å². The van der Waals surface area contributed by atoms with Crippen molar-refractivity contribution in [3.05, 3.63) is 46.2 Å². The molecule has 0 saturated heterocycles. The van der Waals surface area contributed by atoms with Gasteiger partial charge in [0.25, 0.3) is 0 Å². The van der Waals surface area contributed by atoms with Gasteiger partial charge >= 0.3 is 0 Å². The molecular formula is C12H8OS. The Morgan fingerprint density at radius 3 is 2.71 bits per heavy atom. The molecule has 0 aromatic carbocycles.